The van der Waals surface area contributed by atoms with Gasteiger partial charge in [0.05, 0.1) is 6.61 Å². The molecule has 104 valence electrons. The molecule has 0 radical (unpaired) electrons. The maximum absolute atomic E-state index is 5.61. The van der Waals surface area contributed by atoms with E-state index in [1.807, 2.05) is 0 Å². The smallest absolute Gasteiger partial charge is 0.122 e. The minimum absolute atomic E-state index is 0.501. The van der Waals surface area contributed by atoms with Gasteiger partial charge in [0.1, 0.15) is 5.75 Å². The maximum Gasteiger partial charge on any atom is 0.122 e. The summed E-state index contributed by atoms with van der Waals surface area (Å²) < 4.78 is 5.61. The zero-order valence-electron chi connectivity index (χ0n) is 12.3. The van der Waals surface area contributed by atoms with Gasteiger partial charge in [-0.05, 0) is 47.9 Å². The SMILES string of the molecule is CCCNC(c1ccc2c(c1)CCO2)C1CC1(C)C. The largest absolute Gasteiger partial charge is 0.493 e. The second kappa shape index (κ2) is 4.82. The molecule has 1 saturated carbocycles. The predicted octanol–water partition coefficient (Wildman–Crippen LogP) is 3.71. The topological polar surface area (TPSA) is 21.3 Å². The van der Waals surface area contributed by atoms with Crippen LogP contribution in [0.1, 0.15) is 50.8 Å². The molecule has 0 bridgehead atoms. The maximum atomic E-state index is 5.61. The molecule has 19 heavy (non-hydrogen) atoms. The Morgan fingerprint density at radius 3 is 2.89 bits per heavy atom. The van der Waals surface area contributed by atoms with E-state index in [1.165, 1.54) is 24.0 Å². The first kappa shape index (κ1) is 13.0. The third-order valence-corrected chi connectivity index (χ3v) is 4.68. The first-order chi connectivity index (χ1) is 9.12. The van der Waals surface area contributed by atoms with Crippen LogP contribution in [0.5, 0.6) is 5.75 Å². The van der Waals surface area contributed by atoms with E-state index in [9.17, 15) is 0 Å². The molecule has 2 nitrogen and oxygen atoms in total. The molecule has 1 N–H and O–H groups in total. The molecule has 0 saturated heterocycles. The van der Waals surface area contributed by atoms with Crippen LogP contribution in [0, 0.1) is 11.3 Å². The Morgan fingerprint density at radius 2 is 2.21 bits per heavy atom. The molecule has 2 atom stereocenters. The number of rotatable bonds is 5. The van der Waals surface area contributed by atoms with Crippen molar-refractivity contribution in [2.75, 3.05) is 13.2 Å². The van der Waals surface area contributed by atoms with E-state index in [4.69, 9.17) is 4.74 Å². The van der Waals surface area contributed by atoms with Crippen LogP contribution in [0.3, 0.4) is 0 Å². The van der Waals surface area contributed by atoms with E-state index in [-0.39, 0.29) is 0 Å². The molecular formula is C17H25NO. The molecule has 1 aliphatic carbocycles. The van der Waals surface area contributed by atoms with Crippen LogP contribution in [0.25, 0.3) is 0 Å². The van der Waals surface area contributed by atoms with E-state index in [0.717, 1.165) is 31.2 Å². The van der Waals surface area contributed by atoms with Crippen LogP contribution in [0.2, 0.25) is 0 Å². The van der Waals surface area contributed by atoms with Crippen molar-refractivity contribution in [1.29, 1.82) is 0 Å². The number of nitrogens with one attached hydrogen (secondary N) is 1. The van der Waals surface area contributed by atoms with Gasteiger partial charge in [-0.1, -0.05) is 32.9 Å². The van der Waals surface area contributed by atoms with Gasteiger partial charge in [-0.2, -0.15) is 0 Å². The summed E-state index contributed by atoms with van der Waals surface area (Å²) in [5, 5.41) is 3.75. The van der Waals surface area contributed by atoms with Gasteiger partial charge in [0, 0.05) is 12.5 Å². The van der Waals surface area contributed by atoms with Gasteiger partial charge in [-0.3, -0.25) is 0 Å². The highest BCUT2D eigenvalue weighted by Crippen LogP contribution is 2.57. The zero-order chi connectivity index (χ0) is 13.5. The van der Waals surface area contributed by atoms with Crippen molar-refractivity contribution in [3.05, 3.63) is 29.3 Å². The van der Waals surface area contributed by atoms with Gasteiger partial charge in [0.2, 0.25) is 0 Å². The van der Waals surface area contributed by atoms with Crippen LogP contribution in [0.15, 0.2) is 18.2 Å². The third kappa shape index (κ3) is 2.51. The van der Waals surface area contributed by atoms with Crippen molar-refractivity contribution < 1.29 is 4.74 Å². The van der Waals surface area contributed by atoms with Gasteiger partial charge >= 0.3 is 0 Å². The quantitative estimate of drug-likeness (QED) is 0.870. The zero-order valence-corrected chi connectivity index (χ0v) is 12.3. The molecule has 1 fully saturated rings. The van der Waals surface area contributed by atoms with Gasteiger partial charge in [-0.25, -0.2) is 0 Å². The predicted molar refractivity (Wildman–Crippen MR) is 78.6 cm³/mol. The summed E-state index contributed by atoms with van der Waals surface area (Å²) in [6.07, 6.45) is 3.59. The molecule has 0 spiro atoms. The number of hydrogen-bond donors (Lipinski definition) is 1. The lowest BCUT2D eigenvalue weighted by Crippen LogP contribution is -2.25. The normalized spacial score (nSPS) is 24.7. The lowest BCUT2D eigenvalue weighted by molar-refractivity contribution is 0.356. The van der Waals surface area contributed by atoms with Gasteiger partial charge in [-0.15, -0.1) is 0 Å². The fraction of sp³-hybridized carbons (Fsp3) is 0.647. The van der Waals surface area contributed by atoms with Crippen LogP contribution in [-0.2, 0) is 6.42 Å². The Morgan fingerprint density at radius 1 is 1.42 bits per heavy atom. The Labute approximate surface area is 116 Å². The minimum atomic E-state index is 0.501. The standard InChI is InChI=1S/C17H25NO/c1-4-8-18-16(14-11-17(14,2)3)13-5-6-15-12(10-13)7-9-19-15/h5-6,10,14,16,18H,4,7-9,11H2,1-3H3. The fourth-order valence-electron chi connectivity index (χ4n) is 3.27. The van der Waals surface area contributed by atoms with Crippen LogP contribution in [0.4, 0.5) is 0 Å². The molecule has 2 heteroatoms. The van der Waals surface area contributed by atoms with E-state index >= 15 is 0 Å². The number of benzene rings is 1. The van der Waals surface area contributed by atoms with Crippen LogP contribution < -0.4 is 10.1 Å². The third-order valence-electron chi connectivity index (χ3n) is 4.68. The molecule has 0 amide bonds. The molecule has 2 aliphatic rings. The van der Waals surface area contributed by atoms with Gasteiger partial charge < -0.3 is 10.1 Å². The van der Waals surface area contributed by atoms with Gasteiger partial charge in [0.25, 0.3) is 0 Å². The van der Waals surface area contributed by atoms with E-state index in [0.29, 0.717) is 11.5 Å². The summed E-state index contributed by atoms with van der Waals surface area (Å²) in [6.45, 7) is 8.95. The van der Waals surface area contributed by atoms with Gasteiger partial charge in [0.15, 0.2) is 0 Å². The van der Waals surface area contributed by atoms with Crippen LogP contribution >= 0.6 is 0 Å². The lowest BCUT2D eigenvalue weighted by Gasteiger charge is -2.21. The van der Waals surface area contributed by atoms with Crippen molar-refractivity contribution in [2.45, 2.75) is 46.1 Å². The molecule has 3 rings (SSSR count). The van der Waals surface area contributed by atoms with Crippen LogP contribution in [-0.4, -0.2) is 13.2 Å². The number of ether oxygens (including phenoxy) is 1. The van der Waals surface area contributed by atoms with E-state index in [2.05, 4.69) is 44.3 Å². The summed E-state index contributed by atoms with van der Waals surface area (Å²) in [4.78, 5) is 0. The highest BCUT2D eigenvalue weighted by atomic mass is 16.5. The Balaban J connectivity index is 1.83. The molecule has 0 aromatic heterocycles. The molecular weight excluding hydrogens is 234 g/mol. The average Bonchev–Trinajstić information content (AvgIpc) is 2.83. The van der Waals surface area contributed by atoms with E-state index < -0.39 is 0 Å². The monoisotopic (exact) mass is 259 g/mol. The minimum Gasteiger partial charge on any atom is -0.493 e. The van der Waals surface area contributed by atoms with Crippen molar-refractivity contribution >= 4 is 0 Å². The van der Waals surface area contributed by atoms with E-state index in [1.54, 1.807) is 0 Å². The summed E-state index contributed by atoms with van der Waals surface area (Å²) in [6, 6.07) is 7.30. The van der Waals surface area contributed by atoms with Crippen molar-refractivity contribution in [3.8, 4) is 5.75 Å². The Hall–Kier alpha value is -1.02. The Bertz CT molecular complexity index is 466. The molecule has 2 unspecified atom stereocenters. The number of hydrogen-bond acceptors (Lipinski definition) is 2. The molecule has 1 aromatic carbocycles. The van der Waals surface area contributed by atoms with Crippen molar-refractivity contribution in [2.24, 2.45) is 11.3 Å². The highest BCUT2D eigenvalue weighted by Gasteiger charge is 2.50. The second-order valence-corrected chi connectivity index (χ2v) is 6.70. The van der Waals surface area contributed by atoms with Crippen molar-refractivity contribution in [1.82, 2.24) is 5.32 Å². The highest BCUT2D eigenvalue weighted by molar-refractivity contribution is 5.41. The molecule has 1 aliphatic heterocycles. The molecule has 1 heterocycles. The summed E-state index contributed by atoms with van der Waals surface area (Å²) in [5.74, 6) is 1.87. The first-order valence-electron chi connectivity index (χ1n) is 7.61. The second-order valence-electron chi connectivity index (χ2n) is 6.70. The average molecular weight is 259 g/mol. The Kier molecular flexibility index (Phi) is 3.30. The fourth-order valence-corrected chi connectivity index (χ4v) is 3.27. The summed E-state index contributed by atoms with van der Waals surface area (Å²) in [5.41, 5.74) is 3.34. The summed E-state index contributed by atoms with van der Waals surface area (Å²) in [7, 11) is 0. The lowest BCUT2D eigenvalue weighted by atomic mass is 9.95. The first-order valence-corrected chi connectivity index (χ1v) is 7.61. The van der Waals surface area contributed by atoms with Crippen molar-refractivity contribution in [3.63, 3.8) is 0 Å². The molecule has 1 aromatic rings. The number of fused-ring (bicyclic) bond motifs is 1. The summed E-state index contributed by atoms with van der Waals surface area (Å²) >= 11 is 0.